The Morgan fingerprint density at radius 3 is 2.17 bits per heavy atom. The topological polar surface area (TPSA) is 12.5 Å². The summed E-state index contributed by atoms with van der Waals surface area (Å²) in [5.41, 5.74) is 12.1. The number of nitrogens with zero attached hydrogens (tertiary/aromatic N) is 1. The summed E-state index contributed by atoms with van der Waals surface area (Å²) in [6.07, 6.45) is 0. The van der Waals surface area contributed by atoms with Crippen molar-refractivity contribution in [3.05, 3.63) is 103 Å². The van der Waals surface area contributed by atoms with Crippen LogP contribution in [0.15, 0.2) is 113 Å². The lowest BCUT2D eigenvalue weighted by Gasteiger charge is -2.45. The van der Waals surface area contributed by atoms with Gasteiger partial charge in [-0.25, -0.2) is 0 Å². The first-order chi connectivity index (χ1) is 17.4. The number of hydrogen-bond acceptors (Lipinski definition) is 3. The second-order valence-corrected chi connectivity index (χ2v) is 10.7. The van der Waals surface area contributed by atoms with Gasteiger partial charge in [0, 0.05) is 26.9 Å². The second kappa shape index (κ2) is 6.44. The van der Waals surface area contributed by atoms with E-state index in [0.717, 1.165) is 11.5 Å². The number of ether oxygens (including phenoxy) is 1. The summed E-state index contributed by atoms with van der Waals surface area (Å²) in [7, 11) is 0. The van der Waals surface area contributed by atoms with Gasteiger partial charge in [0.05, 0.1) is 0 Å². The van der Waals surface area contributed by atoms with E-state index >= 15 is 0 Å². The fraction of sp³-hybridized carbons (Fsp3) is 0. The SMILES string of the molecule is c1ccc(N2c3ccccc3B3c4cccc5c4B4c6c(cccc6S5)Oc5ccc2c3c54)cc1. The predicted molar refractivity (Wildman–Crippen MR) is 148 cm³/mol. The van der Waals surface area contributed by atoms with Crippen molar-refractivity contribution in [3.63, 3.8) is 0 Å². The molecule has 5 heteroatoms. The van der Waals surface area contributed by atoms with E-state index in [-0.39, 0.29) is 13.4 Å². The first-order valence-electron chi connectivity index (χ1n) is 12.1. The molecule has 2 nitrogen and oxygen atoms in total. The number of anilines is 3. The highest BCUT2D eigenvalue weighted by atomic mass is 32.2. The van der Waals surface area contributed by atoms with Gasteiger partial charge in [0.15, 0.2) is 0 Å². The molecule has 0 saturated heterocycles. The van der Waals surface area contributed by atoms with Crippen molar-refractivity contribution < 1.29 is 4.74 Å². The van der Waals surface area contributed by atoms with E-state index in [0.29, 0.717) is 0 Å². The zero-order chi connectivity index (χ0) is 22.7. The van der Waals surface area contributed by atoms with Crippen molar-refractivity contribution in [1.82, 2.24) is 0 Å². The number of hydrogen-bond donors (Lipinski definition) is 0. The van der Waals surface area contributed by atoms with Gasteiger partial charge in [-0.3, -0.25) is 0 Å². The zero-order valence-electron chi connectivity index (χ0n) is 18.7. The minimum absolute atomic E-state index is 0.193. The molecule has 0 fully saturated rings. The average molecular weight is 461 g/mol. The second-order valence-electron chi connectivity index (χ2n) is 9.64. The Bertz CT molecular complexity index is 1720. The van der Waals surface area contributed by atoms with Gasteiger partial charge in [0.25, 0.3) is 6.71 Å². The molecule has 0 aliphatic carbocycles. The summed E-state index contributed by atoms with van der Waals surface area (Å²) >= 11 is 1.89. The molecule has 0 N–H and O–H groups in total. The monoisotopic (exact) mass is 461 g/mol. The third kappa shape index (κ3) is 2.21. The van der Waals surface area contributed by atoms with Crippen molar-refractivity contribution in [2.45, 2.75) is 9.79 Å². The number of para-hydroxylation sites is 2. The largest absolute Gasteiger partial charge is 0.458 e. The highest BCUT2D eigenvalue weighted by Crippen LogP contribution is 2.41. The Morgan fingerprint density at radius 1 is 0.514 bits per heavy atom. The van der Waals surface area contributed by atoms with Gasteiger partial charge >= 0.3 is 0 Å². The van der Waals surface area contributed by atoms with E-state index in [2.05, 4.69) is 108 Å². The fourth-order valence-corrected chi connectivity index (χ4v) is 7.96. The summed E-state index contributed by atoms with van der Waals surface area (Å²) in [6.45, 7) is 0.407. The maximum absolute atomic E-state index is 6.62. The molecule has 5 aromatic rings. The van der Waals surface area contributed by atoms with E-state index in [9.17, 15) is 0 Å². The molecule has 5 aromatic carbocycles. The van der Waals surface area contributed by atoms with Crippen LogP contribution in [-0.2, 0) is 0 Å². The summed E-state index contributed by atoms with van der Waals surface area (Å²) < 4.78 is 6.62. The number of fused-ring (bicyclic) bond motifs is 3. The van der Waals surface area contributed by atoms with E-state index in [4.69, 9.17) is 4.74 Å². The Kier molecular flexibility index (Phi) is 3.40. The van der Waals surface area contributed by atoms with Crippen LogP contribution >= 0.6 is 11.8 Å². The lowest BCUT2D eigenvalue weighted by Crippen LogP contribution is -2.78. The molecule has 4 aliphatic rings. The standard InChI is InChI=1S/C30H17B2NOS/c1-2-8-18(9-3-1)33-21-12-5-4-10-19(21)31-20-11-6-14-25-27(20)32-29-23(13-7-15-26(29)35-25)34-24-17-16-22(33)28(31)30(24)32/h1-17H. The smallest absolute Gasteiger partial charge is 0.252 e. The van der Waals surface area contributed by atoms with Crippen LogP contribution in [0, 0.1) is 0 Å². The molecule has 4 heterocycles. The molecule has 160 valence electrons. The molecule has 0 spiro atoms. The summed E-state index contributed by atoms with van der Waals surface area (Å²) in [5, 5.41) is 0. The lowest BCUT2D eigenvalue weighted by molar-refractivity contribution is 0.486. The molecular formula is C30H17B2NOS. The van der Waals surface area contributed by atoms with Crippen LogP contribution in [0.3, 0.4) is 0 Å². The Balaban J connectivity index is 1.45. The third-order valence-corrected chi connectivity index (χ3v) is 9.15. The fourth-order valence-electron chi connectivity index (χ4n) is 6.76. The molecule has 0 radical (unpaired) electrons. The van der Waals surface area contributed by atoms with Crippen LogP contribution in [0.25, 0.3) is 0 Å². The minimum Gasteiger partial charge on any atom is -0.458 e. The van der Waals surface area contributed by atoms with Crippen LogP contribution in [0.2, 0.25) is 0 Å². The Morgan fingerprint density at radius 2 is 1.26 bits per heavy atom. The maximum atomic E-state index is 6.62. The molecule has 35 heavy (non-hydrogen) atoms. The molecular weight excluding hydrogens is 444 g/mol. The van der Waals surface area contributed by atoms with Gasteiger partial charge in [-0.1, -0.05) is 77.3 Å². The minimum atomic E-state index is 0.193. The highest BCUT2D eigenvalue weighted by Gasteiger charge is 2.50. The van der Waals surface area contributed by atoms with Crippen molar-refractivity contribution in [2.24, 2.45) is 0 Å². The van der Waals surface area contributed by atoms with E-state index < -0.39 is 0 Å². The van der Waals surface area contributed by atoms with Gasteiger partial charge in [-0.15, -0.1) is 0 Å². The van der Waals surface area contributed by atoms with Gasteiger partial charge < -0.3 is 9.64 Å². The maximum Gasteiger partial charge on any atom is 0.252 e. The molecule has 4 aliphatic heterocycles. The van der Waals surface area contributed by atoms with Crippen LogP contribution < -0.4 is 42.4 Å². The van der Waals surface area contributed by atoms with Crippen molar-refractivity contribution >= 4 is 75.0 Å². The molecule has 0 saturated carbocycles. The van der Waals surface area contributed by atoms with Gasteiger partial charge in [0.1, 0.15) is 11.5 Å². The van der Waals surface area contributed by atoms with Gasteiger partial charge in [-0.2, -0.15) is 0 Å². The van der Waals surface area contributed by atoms with Crippen molar-refractivity contribution in [3.8, 4) is 11.5 Å². The van der Waals surface area contributed by atoms with E-state index in [1.54, 1.807) is 0 Å². The quantitative estimate of drug-likeness (QED) is 0.348. The van der Waals surface area contributed by atoms with Crippen molar-refractivity contribution in [2.75, 3.05) is 4.90 Å². The summed E-state index contributed by atoms with van der Waals surface area (Å²) in [6, 6.07) is 37.6. The Hall–Kier alpha value is -3.82. The average Bonchev–Trinajstić information content (AvgIpc) is 2.91. The third-order valence-electron chi connectivity index (χ3n) is 8.00. The van der Waals surface area contributed by atoms with Crippen LogP contribution in [0.5, 0.6) is 11.5 Å². The van der Waals surface area contributed by atoms with E-state index in [1.165, 1.54) is 59.6 Å². The highest BCUT2D eigenvalue weighted by molar-refractivity contribution is 8.00. The van der Waals surface area contributed by atoms with Crippen LogP contribution in [-0.4, -0.2) is 13.4 Å². The summed E-state index contributed by atoms with van der Waals surface area (Å²) in [5.74, 6) is 2.01. The molecule has 0 unspecified atom stereocenters. The molecule has 0 atom stereocenters. The molecule has 0 amide bonds. The molecule has 0 aromatic heterocycles. The normalized spacial score (nSPS) is 14.8. The predicted octanol–water partition coefficient (Wildman–Crippen LogP) is 3.39. The lowest BCUT2D eigenvalue weighted by atomic mass is 9.20. The number of benzene rings is 5. The number of rotatable bonds is 1. The summed E-state index contributed by atoms with van der Waals surface area (Å²) in [4.78, 5) is 5.13. The zero-order valence-corrected chi connectivity index (χ0v) is 19.5. The van der Waals surface area contributed by atoms with E-state index in [1.807, 2.05) is 11.8 Å². The van der Waals surface area contributed by atoms with Crippen molar-refractivity contribution in [1.29, 1.82) is 0 Å². The Labute approximate surface area is 208 Å². The molecule has 0 bridgehead atoms. The van der Waals surface area contributed by atoms with Crippen LogP contribution in [0.1, 0.15) is 0 Å². The first-order valence-corrected chi connectivity index (χ1v) is 12.9. The molecule has 9 rings (SSSR count). The first kappa shape index (κ1) is 18.5. The van der Waals surface area contributed by atoms with Gasteiger partial charge in [0.2, 0.25) is 6.71 Å². The van der Waals surface area contributed by atoms with Gasteiger partial charge in [-0.05, 0) is 70.4 Å². The van der Waals surface area contributed by atoms with Crippen LogP contribution in [0.4, 0.5) is 17.1 Å².